The molecule has 124 valence electrons. The van der Waals surface area contributed by atoms with Crippen molar-refractivity contribution >= 4 is 5.69 Å². The molecule has 3 aromatic rings. The molecule has 1 nitrogen and oxygen atoms in total. The molecule has 25 heavy (non-hydrogen) atoms. The van der Waals surface area contributed by atoms with Crippen molar-refractivity contribution in [1.29, 1.82) is 0 Å². The molecule has 0 radical (unpaired) electrons. The molecule has 0 saturated carbocycles. The highest BCUT2D eigenvalue weighted by Gasteiger charge is 2.29. The maximum absolute atomic E-state index is 6.80. The molecular formula is C24H23N. The minimum absolute atomic E-state index is 0.443. The number of rotatable bonds is 1. The fourth-order valence-corrected chi connectivity index (χ4v) is 4.98. The van der Waals surface area contributed by atoms with Crippen molar-refractivity contribution < 1.29 is 0 Å². The number of aryl methyl sites for hydroxylation is 2. The highest BCUT2D eigenvalue weighted by Crippen LogP contribution is 2.47. The Kier molecular flexibility index (Phi) is 3.24. The van der Waals surface area contributed by atoms with E-state index >= 15 is 0 Å². The molecule has 5 rings (SSSR count). The smallest absolute Gasteiger partial charge is 0.0397 e. The Morgan fingerprint density at radius 1 is 0.920 bits per heavy atom. The van der Waals surface area contributed by atoms with Gasteiger partial charge in [-0.05, 0) is 70.7 Å². The number of hydrogen-bond donors (Lipinski definition) is 1. The van der Waals surface area contributed by atoms with Gasteiger partial charge in [0.15, 0.2) is 0 Å². The van der Waals surface area contributed by atoms with Crippen LogP contribution in [0, 0.1) is 6.92 Å². The van der Waals surface area contributed by atoms with Crippen LogP contribution in [0.3, 0.4) is 0 Å². The van der Waals surface area contributed by atoms with Crippen LogP contribution >= 0.6 is 0 Å². The number of fused-ring (bicyclic) bond motifs is 4. The number of nitrogen functional groups attached to an aromatic ring is 1. The molecule has 0 unspecified atom stereocenters. The summed E-state index contributed by atoms with van der Waals surface area (Å²) in [6, 6.07) is 20.0. The van der Waals surface area contributed by atoms with Crippen molar-refractivity contribution in [3.05, 3.63) is 88.0 Å². The standard InChI is InChI=1S/C24H23N/c1-15-13-21-19-11-5-3-8-17(19)14-22(21)24(25)23(15)20-12-6-9-16-7-2-4-10-18(16)20/h2-5,7-8,10-11,13,20H,6,9,12,14,25H2,1H3/t20-/m1/s1. The fourth-order valence-electron chi connectivity index (χ4n) is 4.98. The van der Waals surface area contributed by atoms with Crippen LogP contribution in [-0.2, 0) is 12.8 Å². The first kappa shape index (κ1) is 14.8. The summed E-state index contributed by atoms with van der Waals surface area (Å²) in [7, 11) is 0. The van der Waals surface area contributed by atoms with E-state index in [9.17, 15) is 0 Å². The van der Waals surface area contributed by atoms with Gasteiger partial charge in [0, 0.05) is 18.0 Å². The van der Waals surface area contributed by atoms with Crippen LogP contribution in [0.1, 0.15) is 52.1 Å². The van der Waals surface area contributed by atoms with Crippen molar-refractivity contribution in [3.63, 3.8) is 0 Å². The van der Waals surface area contributed by atoms with E-state index in [0.29, 0.717) is 5.92 Å². The zero-order valence-electron chi connectivity index (χ0n) is 14.7. The van der Waals surface area contributed by atoms with Crippen LogP contribution < -0.4 is 5.73 Å². The van der Waals surface area contributed by atoms with Crippen LogP contribution in [0.5, 0.6) is 0 Å². The van der Waals surface area contributed by atoms with Crippen molar-refractivity contribution in [2.75, 3.05) is 5.73 Å². The van der Waals surface area contributed by atoms with E-state index in [-0.39, 0.29) is 0 Å². The third kappa shape index (κ3) is 2.15. The van der Waals surface area contributed by atoms with Crippen LogP contribution in [0.2, 0.25) is 0 Å². The lowest BCUT2D eigenvalue weighted by molar-refractivity contribution is 0.615. The summed E-state index contributed by atoms with van der Waals surface area (Å²) in [5, 5.41) is 0. The summed E-state index contributed by atoms with van der Waals surface area (Å²) < 4.78 is 0. The van der Waals surface area contributed by atoms with Crippen LogP contribution in [0.15, 0.2) is 54.6 Å². The summed E-state index contributed by atoms with van der Waals surface area (Å²) in [6.07, 6.45) is 4.62. The van der Waals surface area contributed by atoms with Crippen molar-refractivity contribution in [3.8, 4) is 11.1 Å². The van der Waals surface area contributed by atoms with E-state index in [1.165, 1.54) is 63.8 Å². The Labute approximate surface area is 149 Å². The average Bonchev–Trinajstić information content (AvgIpc) is 3.01. The quantitative estimate of drug-likeness (QED) is 0.452. The summed E-state index contributed by atoms with van der Waals surface area (Å²) in [5.74, 6) is 0.443. The van der Waals surface area contributed by atoms with E-state index < -0.39 is 0 Å². The lowest BCUT2D eigenvalue weighted by Gasteiger charge is -2.29. The maximum Gasteiger partial charge on any atom is 0.0397 e. The predicted octanol–water partition coefficient (Wildman–Crippen LogP) is 5.62. The van der Waals surface area contributed by atoms with E-state index in [4.69, 9.17) is 5.73 Å². The van der Waals surface area contributed by atoms with Gasteiger partial charge < -0.3 is 5.73 Å². The van der Waals surface area contributed by atoms with Gasteiger partial charge in [-0.3, -0.25) is 0 Å². The number of nitrogens with two attached hydrogens (primary N) is 1. The first-order valence-electron chi connectivity index (χ1n) is 9.32. The molecular weight excluding hydrogens is 302 g/mol. The van der Waals surface area contributed by atoms with E-state index in [2.05, 4.69) is 61.5 Å². The van der Waals surface area contributed by atoms with Crippen LogP contribution in [-0.4, -0.2) is 0 Å². The van der Waals surface area contributed by atoms with E-state index in [0.717, 1.165) is 12.1 Å². The second-order valence-corrected chi connectivity index (χ2v) is 7.52. The lowest BCUT2D eigenvalue weighted by atomic mass is 9.76. The molecule has 2 aliphatic rings. The molecule has 0 heterocycles. The summed E-state index contributed by atoms with van der Waals surface area (Å²) >= 11 is 0. The minimum Gasteiger partial charge on any atom is -0.398 e. The normalized spacial score (nSPS) is 17.7. The number of hydrogen-bond acceptors (Lipinski definition) is 1. The number of anilines is 1. The molecule has 0 bridgehead atoms. The van der Waals surface area contributed by atoms with Gasteiger partial charge in [-0.1, -0.05) is 54.6 Å². The topological polar surface area (TPSA) is 26.0 Å². The largest absolute Gasteiger partial charge is 0.398 e. The van der Waals surface area contributed by atoms with Gasteiger partial charge in [0.05, 0.1) is 0 Å². The Morgan fingerprint density at radius 2 is 1.68 bits per heavy atom. The van der Waals surface area contributed by atoms with Gasteiger partial charge in [-0.15, -0.1) is 0 Å². The second kappa shape index (κ2) is 5.49. The third-order valence-electron chi connectivity index (χ3n) is 6.12. The molecule has 0 aromatic heterocycles. The lowest BCUT2D eigenvalue weighted by Crippen LogP contribution is -2.15. The Bertz CT molecular complexity index is 983. The molecule has 0 fully saturated rings. The average molecular weight is 325 g/mol. The summed E-state index contributed by atoms with van der Waals surface area (Å²) in [5.41, 5.74) is 19.0. The van der Waals surface area contributed by atoms with Gasteiger partial charge in [-0.2, -0.15) is 0 Å². The monoisotopic (exact) mass is 325 g/mol. The zero-order valence-corrected chi connectivity index (χ0v) is 14.7. The van der Waals surface area contributed by atoms with E-state index in [1.807, 2.05) is 0 Å². The van der Waals surface area contributed by atoms with Gasteiger partial charge in [0.2, 0.25) is 0 Å². The van der Waals surface area contributed by atoms with Gasteiger partial charge >= 0.3 is 0 Å². The van der Waals surface area contributed by atoms with Crippen molar-refractivity contribution in [2.24, 2.45) is 0 Å². The van der Waals surface area contributed by atoms with Crippen molar-refractivity contribution in [2.45, 2.75) is 38.5 Å². The molecule has 0 amide bonds. The van der Waals surface area contributed by atoms with Crippen LogP contribution in [0.4, 0.5) is 5.69 Å². The molecule has 1 atom stereocenters. The summed E-state index contributed by atoms with van der Waals surface area (Å²) in [4.78, 5) is 0. The Hall–Kier alpha value is -2.54. The first-order chi connectivity index (χ1) is 12.2. The van der Waals surface area contributed by atoms with Gasteiger partial charge in [0.1, 0.15) is 0 Å². The highest BCUT2D eigenvalue weighted by atomic mass is 14.6. The zero-order chi connectivity index (χ0) is 17.0. The van der Waals surface area contributed by atoms with Crippen LogP contribution in [0.25, 0.3) is 11.1 Å². The summed E-state index contributed by atoms with van der Waals surface area (Å²) in [6.45, 7) is 2.24. The van der Waals surface area contributed by atoms with E-state index in [1.54, 1.807) is 0 Å². The molecule has 3 aromatic carbocycles. The molecule has 0 aliphatic heterocycles. The predicted molar refractivity (Wildman–Crippen MR) is 105 cm³/mol. The van der Waals surface area contributed by atoms with Gasteiger partial charge in [-0.25, -0.2) is 0 Å². The molecule has 1 heteroatoms. The minimum atomic E-state index is 0.443. The Balaban J connectivity index is 1.70. The molecule has 0 saturated heterocycles. The third-order valence-corrected chi connectivity index (χ3v) is 6.12. The fraction of sp³-hybridized carbons (Fsp3) is 0.250. The molecule has 2 N–H and O–H groups in total. The highest BCUT2D eigenvalue weighted by molar-refractivity contribution is 5.84. The van der Waals surface area contributed by atoms with Gasteiger partial charge in [0.25, 0.3) is 0 Å². The second-order valence-electron chi connectivity index (χ2n) is 7.52. The Morgan fingerprint density at radius 3 is 2.56 bits per heavy atom. The number of benzene rings is 3. The molecule has 2 aliphatic carbocycles. The molecule has 0 spiro atoms. The first-order valence-corrected chi connectivity index (χ1v) is 9.32. The SMILES string of the molecule is Cc1cc2c(c(N)c1[C@@H]1CCCc3ccccc31)Cc1ccccc1-2. The maximum atomic E-state index is 6.80. The van der Waals surface area contributed by atoms with Crippen molar-refractivity contribution in [1.82, 2.24) is 0 Å².